The first-order valence-electron chi connectivity index (χ1n) is 11.4. The Morgan fingerprint density at radius 3 is 2.29 bits per heavy atom. The van der Waals surface area contributed by atoms with Crippen LogP contribution in [0.3, 0.4) is 0 Å². The van der Waals surface area contributed by atoms with Gasteiger partial charge in [0.2, 0.25) is 0 Å². The number of amides is 3. The summed E-state index contributed by atoms with van der Waals surface area (Å²) in [6, 6.07) is 15.9. The predicted octanol–water partition coefficient (Wildman–Crippen LogP) is 6.62. The molecule has 0 aliphatic carbocycles. The van der Waals surface area contributed by atoms with Crippen LogP contribution in [0.15, 0.2) is 71.6 Å². The van der Waals surface area contributed by atoms with E-state index in [0.29, 0.717) is 16.9 Å². The zero-order valence-corrected chi connectivity index (χ0v) is 21.5. The molecule has 0 aromatic heterocycles. The minimum atomic E-state index is -4.65. The summed E-state index contributed by atoms with van der Waals surface area (Å²) in [5.74, 6) is -1.69. The standard InChI is InChI=1S/C27H24F3N3O4S/c1-26(2)24(36)33(19-12-13-22(38-3)20(14-19)27(28,29)30)25(37)32(26)15-17-6-4-5-7-21(17)31-18-10-8-16(9-11-18)23(34)35/h4-14,31H,15H2,1-3H3,(H,34,35). The number of carboxylic acid groups (broad SMARTS) is 1. The number of aromatic carboxylic acids is 1. The zero-order chi connectivity index (χ0) is 27.8. The minimum absolute atomic E-state index is 0.000516. The van der Waals surface area contributed by atoms with Crippen LogP contribution < -0.4 is 10.2 Å². The third kappa shape index (κ3) is 5.06. The lowest BCUT2D eigenvalue weighted by molar-refractivity contribution is -0.139. The average molecular weight is 544 g/mol. The molecule has 3 aromatic carbocycles. The number of nitrogens with one attached hydrogen (secondary N) is 1. The zero-order valence-electron chi connectivity index (χ0n) is 20.7. The maximum absolute atomic E-state index is 13.6. The van der Waals surface area contributed by atoms with Gasteiger partial charge in [0.05, 0.1) is 23.4 Å². The van der Waals surface area contributed by atoms with Gasteiger partial charge >= 0.3 is 18.2 Å². The predicted molar refractivity (Wildman–Crippen MR) is 139 cm³/mol. The largest absolute Gasteiger partial charge is 0.478 e. The number of imide groups is 1. The maximum Gasteiger partial charge on any atom is 0.417 e. The molecule has 198 valence electrons. The number of alkyl halides is 3. The summed E-state index contributed by atoms with van der Waals surface area (Å²) in [6.45, 7) is 3.10. The third-order valence-electron chi connectivity index (χ3n) is 6.33. The Labute approximate surface area is 221 Å². The van der Waals surface area contributed by atoms with Crippen molar-refractivity contribution in [3.05, 3.63) is 83.4 Å². The van der Waals surface area contributed by atoms with E-state index in [1.54, 1.807) is 50.2 Å². The van der Waals surface area contributed by atoms with Gasteiger partial charge in [-0.15, -0.1) is 11.8 Å². The summed E-state index contributed by atoms with van der Waals surface area (Å²) in [5, 5.41) is 12.3. The number of benzene rings is 3. The molecule has 0 spiro atoms. The molecular weight excluding hydrogens is 519 g/mol. The number of thioether (sulfide) groups is 1. The summed E-state index contributed by atoms with van der Waals surface area (Å²) in [5.41, 5.74) is -0.377. The number of carbonyl (C=O) groups is 3. The molecular formula is C27H24F3N3O4S. The fourth-order valence-corrected chi connectivity index (χ4v) is 4.79. The highest BCUT2D eigenvalue weighted by Gasteiger charge is 2.52. The van der Waals surface area contributed by atoms with E-state index in [9.17, 15) is 27.6 Å². The van der Waals surface area contributed by atoms with Crippen LogP contribution in [0.4, 0.5) is 35.0 Å². The van der Waals surface area contributed by atoms with Gasteiger partial charge in [-0.2, -0.15) is 13.2 Å². The highest BCUT2D eigenvalue weighted by Crippen LogP contribution is 2.41. The Balaban J connectivity index is 1.64. The Morgan fingerprint density at radius 2 is 1.68 bits per heavy atom. The summed E-state index contributed by atoms with van der Waals surface area (Å²) in [6.07, 6.45) is -3.13. The monoisotopic (exact) mass is 543 g/mol. The van der Waals surface area contributed by atoms with Crippen LogP contribution in [-0.2, 0) is 17.5 Å². The second-order valence-electron chi connectivity index (χ2n) is 9.12. The Morgan fingerprint density at radius 1 is 1.03 bits per heavy atom. The number of rotatable bonds is 7. The number of hydrogen-bond donors (Lipinski definition) is 2. The first-order chi connectivity index (χ1) is 17.8. The molecule has 38 heavy (non-hydrogen) atoms. The van der Waals surface area contributed by atoms with Gasteiger partial charge in [0, 0.05) is 16.3 Å². The molecule has 1 aliphatic heterocycles. The van der Waals surface area contributed by atoms with Crippen molar-refractivity contribution in [2.45, 2.75) is 37.0 Å². The number of nitrogens with zero attached hydrogens (tertiary/aromatic N) is 2. The normalized spacial score (nSPS) is 15.2. The molecule has 11 heteroatoms. The lowest BCUT2D eigenvalue weighted by Crippen LogP contribution is -2.43. The number of para-hydroxylation sites is 1. The average Bonchev–Trinajstić information content (AvgIpc) is 3.03. The molecule has 2 N–H and O–H groups in total. The Bertz CT molecular complexity index is 1410. The summed E-state index contributed by atoms with van der Waals surface area (Å²) < 4.78 is 40.9. The summed E-state index contributed by atoms with van der Waals surface area (Å²) in [7, 11) is 0. The van der Waals surface area contributed by atoms with Gasteiger partial charge in [0.25, 0.3) is 5.91 Å². The molecule has 1 heterocycles. The van der Waals surface area contributed by atoms with Crippen LogP contribution >= 0.6 is 11.8 Å². The van der Waals surface area contributed by atoms with Gasteiger partial charge in [-0.3, -0.25) is 4.79 Å². The smallest absolute Gasteiger partial charge is 0.417 e. The van der Waals surface area contributed by atoms with Gasteiger partial charge in [-0.25, -0.2) is 14.5 Å². The van der Waals surface area contributed by atoms with Crippen LogP contribution in [-0.4, -0.2) is 39.7 Å². The third-order valence-corrected chi connectivity index (χ3v) is 7.12. The second kappa shape index (κ2) is 10.1. The number of urea groups is 1. The summed E-state index contributed by atoms with van der Waals surface area (Å²) >= 11 is 0.927. The van der Waals surface area contributed by atoms with Crippen LogP contribution in [0.2, 0.25) is 0 Å². The van der Waals surface area contributed by atoms with E-state index in [0.717, 1.165) is 22.7 Å². The molecule has 4 rings (SSSR count). The fourth-order valence-electron chi connectivity index (χ4n) is 4.19. The highest BCUT2D eigenvalue weighted by molar-refractivity contribution is 7.98. The van der Waals surface area contributed by atoms with Crippen molar-refractivity contribution in [3.63, 3.8) is 0 Å². The second-order valence-corrected chi connectivity index (χ2v) is 9.96. The van der Waals surface area contributed by atoms with Gasteiger partial charge in [-0.1, -0.05) is 18.2 Å². The van der Waals surface area contributed by atoms with E-state index in [1.165, 1.54) is 35.4 Å². The van der Waals surface area contributed by atoms with Crippen molar-refractivity contribution in [1.29, 1.82) is 0 Å². The van der Waals surface area contributed by atoms with Crippen molar-refractivity contribution >= 4 is 46.7 Å². The van der Waals surface area contributed by atoms with Crippen molar-refractivity contribution in [1.82, 2.24) is 4.90 Å². The number of halogens is 3. The topological polar surface area (TPSA) is 90.0 Å². The van der Waals surface area contributed by atoms with Gasteiger partial charge in [-0.05, 0) is 74.2 Å². The molecule has 0 radical (unpaired) electrons. The van der Waals surface area contributed by atoms with Crippen molar-refractivity contribution in [2.75, 3.05) is 16.5 Å². The number of carboxylic acids is 1. The highest BCUT2D eigenvalue weighted by atomic mass is 32.2. The van der Waals surface area contributed by atoms with E-state index in [-0.39, 0.29) is 22.7 Å². The Kier molecular flexibility index (Phi) is 7.16. The first-order valence-corrected chi connectivity index (χ1v) is 12.7. The van der Waals surface area contributed by atoms with Gasteiger partial charge < -0.3 is 15.3 Å². The van der Waals surface area contributed by atoms with Crippen LogP contribution in [0, 0.1) is 0 Å². The van der Waals surface area contributed by atoms with Crippen LogP contribution in [0.1, 0.15) is 35.3 Å². The molecule has 0 unspecified atom stereocenters. The van der Waals surface area contributed by atoms with Crippen LogP contribution in [0.25, 0.3) is 0 Å². The molecule has 1 aliphatic rings. The lowest BCUT2D eigenvalue weighted by atomic mass is 10.0. The molecule has 3 aromatic rings. The van der Waals surface area contributed by atoms with Gasteiger partial charge in [0.1, 0.15) is 5.54 Å². The molecule has 7 nitrogen and oxygen atoms in total. The molecule has 1 saturated heterocycles. The minimum Gasteiger partial charge on any atom is -0.478 e. The Hall–Kier alpha value is -3.99. The van der Waals surface area contributed by atoms with E-state index in [4.69, 9.17) is 5.11 Å². The van der Waals surface area contributed by atoms with Gasteiger partial charge in [0.15, 0.2) is 0 Å². The van der Waals surface area contributed by atoms with Crippen molar-refractivity contribution < 1.29 is 32.7 Å². The molecule has 0 bridgehead atoms. The molecule has 0 atom stereocenters. The first kappa shape index (κ1) is 27.1. The van der Waals surface area contributed by atoms with E-state index in [2.05, 4.69) is 5.32 Å². The maximum atomic E-state index is 13.6. The molecule has 3 amide bonds. The number of anilines is 3. The summed E-state index contributed by atoms with van der Waals surface area (Å²) in [4.78, 5) is 40.0. The molecule has 1 fully saturated rings. The number of carbonyl (C=O) groups excluding carboxylic acids is 2. The SMILES string of the molecule is CSc1ccc(N2C(=O)N(Cc3ccccc3Nc3ccc(C(=O)O)cc3)C(C)(C)C2=O)cc1C(F)(F)F. The lowest BCUT2D eigenvalue weighted by Gasteiger charge is -2.28. The number of hydrogen-bond acceptors (Lipinski definition) is 5. The van der Waals surface area contributed by atoms with E-state index < -0.39 is 35.2 Å². The fraction of sp³-hybridized carbons (Fsp3) is 0.222. The quantitative estimate of drug-likeness (QED) is 0.257. The van der Waals surface area contributed by atoms with Crippen LogP contribution in [0.5, 0.6) is 0 Å². The van der Waals surface area contributed by atoms with E-state index >= 15 is 0 Å². The van der Waals surface area contributed by atoms with Crippen molar-refractivity contribution in [2.24, 2.45) is 0 Å². The van der Waals surface area contributed by atoms with Crippen molar-refractivity contribution in [3.8, 4) is 0 Å². The molecule has 0 saturated carbocycles. The van der Waals surface area contributed by atoms with E-state index in [1.807, 2.05) is 0 Å².